The van der Waals surface area contributed by atoms with Crippen LogP contribution >= 0.6 is 0 Å². The van der Waals surface area contributed by atoms with Gasteiger partial charge in [0.05, 0.1) is 11.1 Å². The van der Waals surface area contributed by atoms with Crippen LogP contribution in [-0.4, -0.2) is 17.5 Å². The standard InChI is InChI=1S/C20H22N2O3/c1-18(2)14-5-6-19(3)9-12(17(22)25)13(23)7-15(19)20(14,4)8-11(10-21)16(18)24/h7-9,14H,5-6H2,1-4H3,(H2,22,25)/t14-,19-,20-/m0/s1. The molecule has 1 saturated carbocycles. The number of nitriles is 1. The third kappa shape index (κ3) is 2.17. The highest BCUT2D eigenvalue weighted by Gasteiger charge is 2.58. The summed E-state index contributed by atoms with van der Waals surface area (Å²) >= 11 is 0. The number of carbonyl (C=O) groups excluding carboxylic acids is 3. The van der Waals surface area contributed by atoms with Gasteiger partial charge in [0, 0.05) is 16.2 Å². The topological polar surface area (TPSA) is 101 Å². The van der Waals surface area contributed by atoms with Gasteiger partial charge in [0.15, 0.2) is 11.6 Å². The predicted octanol–water partition coefficient (Wildman–Crippen LogP) is 2.39. The highest BCUT2D eigenvalue weighted by atomic mass is 16.2. The third-order valence-electron chi connectivity index (χ3n) is 6.41. The van der Waals surface area contributed by atoms with Gasteiger partial charge in [0.25, 0.3) is 5.91 Å². The van der Waals surface area contributed by atoms with Crippen LogP contribution in [0, 0.1) is 33.5 Å². The summed E-state index contributed by atoms with van der Waals surface area (Å²) in [5.74, 6) is -1.28. The van der Waals surface area contributed by atoms with Crippen LogP contribution in [0.25, 0.3) is 0 Å². The molecule has 3 aliphatic rings. The van der Waals surface area contributed by atoms with E-state index in [1.807, 2.05) is 33.8 Å². The lowest BCUT2D eigenvalue weighted by molar-refractivity contribution is -0.130. The Labute approximate surface area is 147 Å². The van der Waals surface area contributed by atoms with Crippen molar-refractivity contribution in [3.8, 4) is 6.07 Å². The fourth-order valence-corrected chi connectivity index (χ4v) is 5.19. The van der Waals surface area contributed by atoms with E-state index in [1.165, 1.54) is 6.08 Å². The number of primary amides is 1. The van der Waals surface area contributed by atoms with Gasteiger partial charge in [0.2, 0.25) is 0 Å². The number of hydrogen-bond acceptors (Lipinski definition) is 4. The van der Waals surface area contributed by atoms with Crippen LogP contribution in [0.2, 0.25) is 0 Å². The monoisotopic (exact) mass is 338 g/mol. The molecule has 0 aliphatic heterocycles. The second-order valence-corrected chi connectivity index (χ2v) is 8.36. The van der Waals surface area contributed by atoms with Crippen molar-refractivity contribution >= 4 is 17.5 Å². The molecule has 0 aromatic rings. The van der Waals surface area contributed by atoms with Crippen LogP contribution in [-0.2, 0) is 14.4 Å². The number of Topliss-reactive ketones (excluding diaryl/α,β-unsaturated/α-hetero) is 1. The quantitative estimate of drug-likeness (QED) is 0.742. The normalized spacial score (nSPS) is 36.3. The predicted molar refractivity (Wildman–Crippen MR) is 91.8 cm³/mol. The molecule has 0 saturated heterocycles. The molecule has 0 aromatic carbocycles. The Morgan fingerprint density at radius 2 is 1.88 bits per heavy atom. The Kier molecular flexibility index (Phi) is 3.48. The molecule has 3 rings (SSSR count). The third-order valence-corrected chi connectivity index (χ3v) is 6.41. The second-order valence-electron chi connectivity index (χ2n) is 8.36. The number of fused-ring (bicyclic) bond motifs is 3. The maximum absolute atomic E-state index is 12.7. The van der Waals surface area contributed by atoms with Gasteiger partial charge in [-0.1, -0.05) is 39.8 Å². The largest absolute Gasteiger partial charge is 0.365 e. The molecular formula is C20H22N2O3. The average molecular weight is 338 g/mol. The number of amides is 1. The number of rotatable bonds is 1. The molecule has 5 heteroatoms. The Morgan fingerprint density at radius 3 is 2.44 bits per heavy atom. The van der Waals surface area contributed by atoms with Crippen LogP contribution in [0.4, 0.5) is 0 Å². The first-order valence-electron chi connectivity index (χ1n) is 8.45. The smallest absolute Gasteiger partial charge is 0.252 e. The Balaban J connectivity index is 2.24. The van der Waals surface area contributed by atoms with Gasteiger partial charge < -0.3 is 5.73 Å². The van der Waals surface area contributed by atoms with Gasteiger partial charge in [-0.2, -0.15) is 5.26 Å². The zero-order chi connectivity index (χ0) is 18.8. The van der Waals surface area contributed by atoms with E-state index in [0.717, 1.165) is 18.4 Å². The number of ketones is 2. The lowest BCUT2D eigenvalue weighted by Crippen LogP contribution is -2.53. The van der Waals surface area contributed by atoms with Crippen molar-refractivity contribution in [2.24, 2.45) is 27.9 Å². The summed E-state index contributed by atoms with van der Waals surface area (Å²) in [6, 6.07) is 2.02. The molecule has 2 N–H and O–H groups in total. The Morgan fingerprint density at radius 1 is 1.24 bits per heavy atom. The zero-order valence-corrected chi connectivity index (χ0v) is 15.0. The summed E-state index contributed by atoms with van der Waals surface area (Å²) in [5.41, 5.74) is 4.61. The van der Waals surface area contributed by atoms with E-state index >= 15 is 0 Å². The number of nitrogens with two attached hydrogens (primary N) is 1. The Bertz CT molecular complexity index is 853. The van der Waals surface area contributed by atoms with Gasteiger partial charge in [-0.25, -0.2) is 0 Å². The summed E-state index contributed by atoms with van der Waals surface area (Å²) in [6.45, 7) is 7.73. The maximum Gasteiger partial charge on any atom is 0.252 e. The van der Waals surface area contributed by atoms with Crippen molar-refractivity contribution in [2.45, 2.75) is 40.5 Å². The molecule has 5 nitrogen and oxygen atoms in total. The van der Waals surface area contributed by atoms with Gasteiger partial charge >= 0.3 is 0 Å². The zero-order valence-electron chi connectivity index (χ0n) is 15.0. The first-order chi connectivity index (χ1) is 11.5. The average Bonchev–Trinajstić information content (AvgIpc) is 2.52. The fourth-order valence-electron chi connectivity index (χ4n) is 5.19. The van der Waals surface area contributed by atoms with Crippen molar-refractivity contribution in [3.63, 3.8) is 0 Å². The summed E-state index contributed by atoms with van der Waals surface area (Å²) in [5, 5.41) is 9.43. The minimum Gasteiger partial charge on any atom is -0.365 e. The summed E-state index contributed by atoms with van der Waals surface area (Å²) in [7, 11) is 0. The van der Waals surface area contributed by atoms with Crippen molar-refractivity contribution in [2.75, 3.05) is 0 Å². The van der Waals surface area contributed by atoms with Gasteiger partial charge in [-0.05, 0) is 30.4 Å². The van der Waals surface area contributed by atoms with E-state index in [-0.39, 0.29) is 22.8 Å². The summed E-state index contributed by atoms with van der Waals surface area (Å²) in [4.78, 5) is 36.7. The van der Waals surface area contributed by atoms with E-state index in [9.17, 15) is 19.6 Å². The molecule has 0 heterocycles. The molecule has 0 spiro atoms. The number of nitrogens with zero attached hydrogens (tertiary/aromatic N) is 1. The number of carbonyl (C=O) groups is 3. The van der Waals surface area contributed by atoms with Crippen molar-refractivity contribution in [1.82, 2.24) is 0 Å². The van der Waals surface area contributed by atoms with Crippen molar-refractivity contribution in [3.05, 3.63) is 34.9 Å². The molecule has 3 aliphatic carbocycles. The van der Waals surface area contributed by atoms with Crippen LogP contribution in [0.5, 0.6) is 0 Å². The minimum atomic E-state index is -0.721. The highest BCUT2D eigenvalue weighted by molar-refractivity contribution is 6.24. The summed E-state index contributed by atoms with van der Waals surface area (Å²) in [6.07, 6.45) is 6.39. The molecule has 1 fully saturated rings. The molecule has 0 radical (unpaired) electrons. The fraction of sp³-hybridized carbons (Fsp3) is 0.500. The van der Waals surface area contributed by atoms with Crippen molar-refractivity contribution < 1.29 is 14.4 Å². The first-order valence-corrected chi connectivity index (χ1v) is 8.45. The van der Waals surface area contributed by atoms with Crippen LogP contribution in [0.15, 0.2) is 34.9 Å². The van der Waals surface area contributed by atoms with E-state index in [1.54, 1.807) is 12.2 Å². The van der Waals surface area contributed by atoms with Crippen LogP contribution in [0.1, 0.15) is 40.5 Å². The molecular weight excluding hydrogens is 316 g/mol. The maximum atomic E-state index is 12.7. The number of hydrogen-bond donors (Lipinski definition) is 1. The molecule has 0 aromatic heterocycles. The van der Waals surface area contributed by atoms with Gasteiger partial charge in [0.1, 0.15) is 6.07 Å². The number of allylic oxidation sites excluding steroid dienone is 5. The SMILES string of the molecule is CC1(C)C(=O)C(C#N)=C[C@]2(C)C3=CC(=O)C(C(N)=O)=C[C@]3(C)CC[C@@H]12. The molecule has 130 valence electrons. The molecule has 0 bridgehead atoms. The lowest BCUT2D eigenvalue weighted by atomic mass is 9.45. The molecule has 0 unspecified atom stereocenters. The van der Waals surface area contributed by atoms with Crippen LogP contribution in [0.3, 0.4) is 0 Å². The van der Waals surface area contributed by atoms with Gasteiger partial charge in [-0.15, -0.1) is 0 Å². The Hall–Kier alpha value is -2.48. The van der Waals surface area contributed by atoms with Gasteiger partial charge in [-0.3, -0.25) is 14.4 Å². The minimum absolute atomic E-state index is 0.0137. The lowest BCUT2D eigenvalue weighted by Gasteiger charge is -2.57. The van der Waals surface area contributed by atoms with E-state index in [0.29, 0.717) is 0 Å². The van der Waals surface area contributed by atoms with E-state index < -0.39 is 27.9 Å². The molecule has 1 amide bonds. The molecule has 25 heavy (non-hydrogen) atoms. The van der Waals surface area contributed by atoms with Crippen LogP contribution < -0.4 is 5.73 Å². The second kappa shape index (κ2) is 5.01. The highest BCUT2D eigenvalue weighted by Crippen LogP contribution is 2.63. The molecule has 3 atom stereocenters. The van der Waals surface area contributed by atoms with Crippen molar-refractivity contribution in [1.29, 1.82) is 5.26 Å². The van der Waals surface area contributed by atoms with E-state index in [4.69, 9.17) is 5.73 Å². The van der Waals surface area contributed by atoms with E-state index in [2.05, 4.69) is 0 Å². The summed E-state index contributed by atoms with van der Waals surface area (Å²) < 4.78 is 0. The first kappa shape index (κ1) is 17.3.